The van der Waals surface area contributed by atoms with Crippen molar-refractivity contribution >= 4 is 5.91 Å². The van der Waals surface area contributed by atoms with Gasteiger partial charge in [-0.25, -0.2) is 0 Å². The molecule has 0 saturated carbocycles. The largest absolute Gasteiger partial charge is 0.367 e. The molecule has 2 N–H and O–H groups in total. The van der Waals surface area contributed by atoms with Crippen molar-refractivity contribution in [3.8, 4) is 0 Å². The van der Waals surface area contributed by atoms with Crippen molar-refractivity contribution in [2.45, 2.75) is 33.2 Å². The zero-order chi connectivity index (χ0) is 13.1. The molecule has 0 aliphatic carbocycles. The molecule has 0 unspecified atom stereocenters. The van der Waals surface area contributed by atoms with Crippen LogP contribution in [-0.2, 0) is 6.54 Å². The van der Waals surface area contributed by atoms with E-state index in [2.05, 4.69) is 15.5 Å². The highest BCUT2D eigenvalue weighted by molar-refractivity contribution is 5.96. The van der Waals surface area contributed by atoms with Crippen molar-refractivity contribution in [2.24, 2.45) is 0 Å². The summed E-state index contributed by atoms with van der Waals surface area (Å²) in [5, 5.41) is 6.73. The van der Waals surface area contributed by atoms with Gasteiger partial charge in [0.15, 0.2) is 5.76 Å². The lowest BCUT2D eigenvalue weighted by atomic mass is 10.0. The maximum Gasteiger partial charge on any atom is 0.257 e. The lowest BCUT2D eigenvalue weighted by Gasteiger charge is -2.06. The normalized spacial score (nSPS) is 10.9. The Balaban J connectivity index is 2.11. The number of aromatic amines is 1. The molecule has 0 fully saturated rings. The molecule has 0 saturated heterocycles. The smallest absolute Gasteiger partial charge is 0.257 e. The van der Waals surface area contributed by atoms with Gasteiger partial charge in [-0.1, -0.05) is 19.0 Å². The van der Waals surface area contributed by atoms with Gasteiger partial charge in [0.2, 0.25) is 0 Å². The number of carbonyl (C=O) groups is 1. The molecule has 0 aliphatic rings. The summed E-state index contributed by atoms with van der Waals surface area (Å²) in [4.78, 5) is 15.1. The summed E-state index contributed by atoms with van der Waals surface area (Å²) in [6, 6.07) is 1.92. The van der Waals surface area contributed by atoms with Gasteiger partial charge in [0, 0.05) is 24.9 Å². The van der Waals surface area contributed by atoms with Crippen LogP contribution < -0.4 is 5.32 Å². The maximum absolute atomic E-state index is 12.1. The molecule has 2 aromatic heterocycles. The van der Waals surface area contributed by atoms with Crippen LogP contribution in [0.3, 0.4) is 0 Å². The number of rotatable bonds is 4. The Kier molecular flexibility index (Phi) is 3.50. The van der Waals surface area contributed by atoms with Crippen LogP contribution in [-0.4, -0.2) is 16.0 Å². The van der Waals surface area contributed by atoms with Crippen LogP contribution >= 0.6 is 0 Å². The second-order valence-corrected chi connectivity index (χ2v) is 4.56. The molecule has 2 rings (SSSR count). The molecule has 1 amide bonds. The lowest BCUT2D eigenvalue weighted by molar-refractivity contribution is 0.0948. The molecule has 96 valence electrons. The molecular weight excluding hydrogens is 230 g/mol. The third-order valence-corrected chi connectivity index (χ3v) is 2.76. The molecule has 2 aromatic rings. The SMILES string of the molecule is Cc1noc(C(C)C)c1C(=O)NCc1cc[nH]c1. The molecule has 0 atom stereocenters. The maximum atomic E-state index is 12.1. The monoisotopic (exact) mass is 247 g/mol. The van der Waals surface area contributed by atoms with Crippen LogP contribution in [0.1, 0.15) is 47.1 Å². The molecule has 0 aliphatic heterocycles. The van der Waals surface area contributed by atoms with E-state index in [4.69, 9.17) is 4.52 Å². The molecule has 0 aromatic carbocycles. The van der Waals surface area contributed by atoms with Crippen LogP contribution in [0.4, 0.5) is 0 Å². The van der Waals surface area contributed by atoms with Crippen LogP contribution in [0.2, 0.25) is 0 Å². The predicted molar refractivity (Wildman–Crippen MR) is 67.3 cm³/mol. The Labute approximate surface area is 106 Å². The second-order valence-electron chi connectivity index (χ2n) is 4.56. The van der Waals surface area contributed by atoms with E-state index in [1.165, 1.54) is 0 Å². The third kappa shape index (κ3) is 2.45. The Morgan fingerprint density at radius 3 is 2.94 bits per heavy atom. The van der Waals surface area contributed by atoms with Crippen molar-refractivity contribution in [1.82, 2.24) is 15.5 Å². The van der Waals surface area contributed by atoms with Crippen LogP contribution in [0, 0.1) is 6.92 Å². The van der Waals surface area contributed by atoms with E-state index < -0.39 is 0 Å². The number of nitrogens with one attached hydrogen (secondary N) is 2. The van der Waals surface area contributed by atoms with Crippen molar-refractivity contribution in [3.05, 3.63) is 41.0 Å². The van der Waals surface area contributed by atoms with Gasteiger partial charge in [0.05, 0.1) is 5.69 Å². The van der Waals surface area contributed by atoms with Gasteiger partial charge in [0.1, 0.15) is 5.56 Å². The van der Waals surface area contributed by atoms with Gasteiger partial charge in [0.25, 0.3) is 5.91 Å². The summed E-state index contributed by atoms with van der Waals surface area (Å²) in [6.07, 6.45) is 3.68. The van der Waals surface area contributed by atoms with E-state index in [-0.39, 0.29) is 11.8 Å². The highest BCUT2D eigenvalue weighted by Crippen LogP contribution is 2.22. The predicted octanol–water partition coefficient (Wildman–Crippen LogP) is 2.36. The summed E-state index contributed by atoms with van der Waals surface area (Å²) in [6.45, 7) is 6.22. The molecule has 5 nitrogen and oxygen atoms in total. The van der Waals surface area contributed by atoms with Crippen LogP contribution in [0.25, 0.3) is 0 Å². The number of aryl methyl sites for hydroxylation is 1. The Hall–Kier alpha value is -2.04. The van der Waals surface area contributed by atoms with E-state index in [0.29, 0.717) is 23.6 Å². The zero-order valence-electron chi connectivity index (χ0n) is 10.8. The Bertz CT molecular complexity index is 526. The van der Waals surface area contributed by atoms with E-state index in [1.54, 1.807) is 6.92 Å². The first-order chi connectivity index (χ1) is 8.59. The average Bonchev–Trinajstić information content (AvgIpc) is 2.94. The minimum Gasteiger partial charge on any atom is -0.367 e. The molecule has 0 spiro atoms. The number of carbonyl (C=O) groups excluding carboxylic acids is 1. The highest BCUT2D eigenvalue weighted by atomic mass is 16.5. The summed E-state index contributed by atoms with van der Waals surface area (Å²) < 4.78 is 5.20. The summed E-state index contributed by atoms with van der Waals surface area (Å²) in [5.74, 6) is 0.636. The molecule has 5 heteroatoms. The first-order valence-electron chi connectivity index (χ1n) is 5.95. The fourth-order valence-electron chi connectivity index (χ4n) is 1.80. The van der Waals surface area contributed by atoms with Crippen molar-refractivity contribution in [1.29, 1.82) is 0 Å². The van der Waals surface area contributed by atoms with Crippen molar-refractivity contribution < 1.29 is 9.32 Å². The average molecular weight is 247 g/mol. The standard InChI is InChI=1S/C13H17N3O2/c1-8(2)12-11(9(3)16-18-12)13(17)15-7-10-4-5-14-6-10/h4-6,8,14H,7H2,1-3H3,(H,15,17). The fourth-order valence-corrected chi connectivity index (χ4v) is 1.80. The minimum absolute atomic E-state index is 0.138. The quantitative estimate of drug-likeness (QED) is 0.871. The number of aromatic nitrogens is 2. The van der Waals surface area contributed by atoms with E-state index in [1.807, 2.05) is 32.3 Å². The summed E-state index contributed by atoms with van der Waals surface area (Å²) in [7, 11) is 0. The van der Waals surface area contributed by atoms with Gasteiger partial charge in [-0.2, -0.15) is 0 Å². The van der Waals surface area contributed by atoms with E-state index >= 15 is 0 Å². The van der Waals surface area contributed by atoms with E-state index in [9.17, 15) is 4.79 Å². The third-order valence-electron chi connectivity index (χ3n) is 2.76. The van der Waals surface area contributed by atoms with Crippen LogP contribution in [0.15, 0.2) is 23.0 Å². The number of amides is 1. The topological polar surface area (TPSA) is 70.9 Å². The summed E-state index contributed by atoms with van der Waals surface area (Å²) in [5.41, 5.74) is 2.22. The number of nitrogens with zero attached hydrogens (tertiary/aromatic N) is 1. The van der Waals surface area contributed by atoms with Crippen LogP contribution in [0.5, 0.6) is 0 Å². The number of hydrogen-bond acceptors (Lipinski definition) is 3. The van der Waals surface area contributed by atoms with E-state index in [0.717, 1.165) is 5.56 Å². The number of H-pyrrole nitrogens is 1. The molecule has 0 bridgehead atoms. The number of hydrogen-bond donors (Lipinski definition) is 2. The Morgan fingerprint density at radius 1 is 1.56 bits per heavy atom. The molecule has 0 radical (unpaired) electrons. The second kappa shape index (κ2) is 5.08. The van der Waals surface area contributed by atoms with Gasteiger partial charge in [-0.3, -0.25) is 4.79 Å². The lowest BCUT2D eigenvalue weighted by Crippen LogP contribution is -2.24. The van der Waals surface area contributed by atoms with Gasteiger partial charge in [-0.05, 0) is 18.6 Å². The molecule has 18 heavy (non-hydrogen) atoms. The highest BCUT2D eigenvalue weighted by Gasteiger charge is 2.22. The first-order valence-corrected chi connectivity index (χ1v) is 5.95. The molecule has 2 heterocycles. The fraction of sp³-hybridized carbons (Fsp3) is 0.385. The van der Waals surface area contributed by atoms with Gasteiger partial charge >= 0.3 is 0 Å². The first kappa shape index (κ1) is 12.4. The van der Waals surface area contributed by atoms with Crippen molar-refractivity contribution in [2.75, 3.05) is 0 Å². The van der Waals surface area contributed by atoms with Crippen molar-refractivity contribution in [3.63, 3.8) is 0 Å². The zero-order valence-corrected chi connectivity index (χ0v) is 10.8. The minimum atomic E-state index is -0.140. The van der Waals surface area contributed by atoms with Gasteiger partial charge in [-0.15, -0.1) is 0 Å². The summed E-state index contributed by atoms with van der Waals surface area (Å²) >= 11 is 0. The van der Waals surface area contributed by atoms with Gasteiger partial charge < -0.3 is 14.8 Å². The molecular formula is C13H17N3O2. The Morgan fingerprint density at radius 2 is 2.33 bits per heavy atom.